The second-order valence-electron chi connectivity index (χ2n) is 5.18. The van der Waals surface area contributed by atoms with E-state index in [-0.39, 0.29) is 17.8 Å². The number of likely N-dealkylation sites (N-methyl/N-ethyl adjacent to an activating group) is 1. The Balaban J connectivity index is 1.97. The van der Waals surface area contributed by atoms with Crippen molar-refractivity contribution in [1.29, 1.82) is 0 Å². The van der Waals surface area contributed by atoms with Gasteiger partial charge >= 0.3 is 0 Å². The van der Waals surface area contributed by atoms with Crippen molar-refractivity contribution in [3.63, 3.8) is 0 Å². The fourth-order valence-corrected chi connectivity index (χ4v) is 2.21. The molecule has 0 radical (unpaired) electrons. The summed E-state index contributed by atoms with van der Waals surface area (Å²) in [5, 5.41) is 3.45. The van der Waals surface area contributed by atoms with Gasteiger partial charge < -0.3 is 5.32 Å². The molecule has 0 unspecified atom stereocenters. The molecule has 0 spiro atoms. The average molecular weight is 321 g/mol. The third kappa shape index (κ3) is 4.29. The molecule has 0 heterocycles. The van der Waals surface area contributed by atoms with Gasteiger partial charge in [-0.3, -0.25) is 9.69 Å². The monoisotopic (exact) mass is 320 g/mol. The lowest BCUT2D eigenvalue weighted by molar-refractivity contribution is -0.120. The van der Waals surface area contributed by atoms with Crippen molar-refractivity contribution in [2.45, 2.75) is 19.5 Å². The number of hydrogen-bond acceptors (Lipinski definition) is 2. The predicted molar refractivity (Wildman–Crippen MR) is 87.4 cm³/mol. The molecule has 0 aliphatic rings. The van der Waals surface area contributed by atoms with E-state index >= 15 is 0 Å². The number of halogens is 2. The second kappa shape index (κ2) is 7.38. The zero-order valence-electron chi connectivity index (χ0n) is 12.5. The van der Waals surface area contributed by atoms with Crippen molar-refractivity contribution < 1.29 is 9.18 Å². The van der Waals surface area contributed by atoms with Crippen LogP contribution >= 0.6 is 11.6 Å². The summed E-state index contributed by atoms with van der Waals surface area (Å²) in [6, 6.07) is 12.9. The average Bonchev–Trinajstić information content (AvgIpc) is 2.51. The number of nitrogens with zero attached hydrogens (tertiary/aromatic N) is 1. The fourth-order valence-electron chi connectivity index (χ4n) is 2.01. The zero-order valence-corrected chi connectivity index (χ0v) is 13.3. The molecule has 22 heavy (non-hydrogen) atoms. The highest BCUT2D eigenvalue weighted by molar-refractivity contribution is 6.31. The molecule has 1 amide bonds. The van der Waals surface area contributed by atoms with E-state index in [9.17, 15) is 9.18 Å². The van der Waals surface area contributed by atoms with E-state index in [2.05, 4.69) is 5.32 Å². The molecule has 0 fully saturated rings. The maximum absolute atomic E-state index is 12.9. The van der Waals surface area contributed by atoms with E-state index in [1.165, 1.54) is 24.3 Å². The summed E-state index contributed by atoms with van der Waals surface area (Å²) in [6.45, 7) is 2.38. The topological polar surface area (TPSA) is 32.3 Å². The Morgan fingerprint density at radius 2 is 1.86 bits per heavy atom. The molecular formula is C17H18ClFN2O. The molecule has 2 aromatic rings. The third-order valence-electron chi connectivity index (χ3n) is 3.53. The predicted octanol–water partition coefficient (Wildman–Crippen LogP) is 3.94. The van der Waals surface area contributed by atoms with Crippen LogP contribution in [0.3, 0.4) is 0 Å². The molecule has 1 atom stereocenters. The fraction of sp³-hybridized carbons (Fsp3) is 0.235. The molecule has 0 saturated heterocycles. The van der Waals surface area contributed by atoms with E-state index in [4.69, 9.17) is 11.6 Å². The number of carbonyl (C=O) groups is 1. The Labute approximate surface area is 134 Å². The van der Waals surface area contributed by atoms with Crippen LogP contribution in [0.5, 0.6) is 0 Å². The van der Waals surface area contributed by atoms with Crippen LogP contribution in [-0.4, -0.2) is 23.9 Å². The van der Waals surface area contributed by atoms with E-state index in [0.29, 0.717) is 17.3 Å². The van der Waals surface area contributed by atoms with Gasteiger partial charge in [0.05, 0.1) is 6.04 Å². The van der Waals surface area contributed by atoms with Crippen molar-refractivity contribution in [1.82, 2.24) is 4.90 Å². The van der Waals surface area contributed by atoms with Gasteiger partial charge in [0.1, 0.15) is 5.82 Å². The Morgan fingerprint density at radius 3 is 2.50 bits per heavy atom. The highest BCUT2D eigenvalue weighted by Gasteiger charge is 2.19. The maximum Gasteiger partial charge on any atom is 0.241 e. The summed E-state index contributed by atoms with van der Waals surface area (Å²) in [5.41, 5.74) is 1.54. The van der Waals surface area contributed by atoms with Gasteiger partial charge in [0, 0.05) is 17.3 Å². The van der Waals surface area contributed by atoms with Gasteiger partial charge in [0.25, 0.3) is 0 Å². The van der Waals surface area contributed by atoms with E-state index < -0.39 is 0 Å². The zero-order chi connectivity index (χ0) is 16.1. The number of hydrogen-bond donors (Lipinski definition) is 1. The molecule has 0 aliphatic carbocycles. The number of anilines is 1. The maximum atomic E-state index is 12.9. The van der Waals surface area contributed by atoms with Crippen LogP contribution in [0, 0.1) is 5.82 Å². The molecule has 5 heteroatoms. The molecule has 3 nitrogen and oxygen atoms in total. The quantitative estimate of drug-likeness (QED) is 0.905. The van der Waals surface area contributed by atoms with Crippen molar-refractivity contribution >= 4 is 23.2 Å². The van der Waals surface area contributed by atoms with Gasteiger partial charge in [-0.2, -0.15) is 0 Å². The van der Waals surface area contributed by atoms with E-state index in [1.807, 2.05) is 43.1 Å². The number of amides is 1. The summed E-state index contributed by atoms with van der Waals surface area (Å²) in [5.74, 6) is -0.483. The van der Waals surface area contributed by atoms with Crippen LogP contribution in [-0.2, 0) is 11.3 Å². The van der Waals surface area contributed by atoms with Crippen LogP contribution in [0.2, 0.25) is 5.02 Å². The summed E-state index contributed by atoms with van der Waals surface area (Å²) < 4.78 is 12.9. The number of carbonyl (C=O) groups excluding carboxylic acids is 1. The lowest BCUT2D eigenvalue weighted by Crippen LogP contribution is -2.39. The Bertz CT molecular complexity index is 645. The van der Waals surface area contributed by atoms with Crippen molar-refractivity contribution in [3.8, 4) is 0 Å². The van der Waals surface area contributed by atoms with Gasteiger partial charge in [-0.1, -0.05) is 29.8 Å². The molecule has 0 bridgehead atoms. The minimum Gasteiger partial charge on any atom is -0.325 e. The van der Waals surface area contributed by atoms with Crippen LogP contribution < -0.4 is 5.32 Å². The number of rotatable bonds is 5. The first kappa shape index (κ1) is 16.5. The first-order valence-corrected chi connectivity index (χ1v) is 7.35. The lowest BCUT2D eigenvalue weighted by Gasteiger charge is -2.24. The second-order valence-corrected chi connectivity index (χ2v) is 5.59. The Hall–Kier alpha value is -1.91. The first-order chi connectivity index (χ1) is 10.5. The van der Waals surface area contributed by atoms with Crippen molar-refractivity contribution in [2.24, 2.45) is 0 Å². The molecule has 2 rings (SSSR count). The van der Waals surface area contributed by atoms with Gasteiger partial charge in [0.2, 0.25) is 5.91 Å². The third-order valence-corrected chi connectivity index (χ3v) is 3.90. The lowest BCUT2D eigenvalue weighted by atomic mass is 10.2. The number of benzene rings is 2. The normalized spacial score (nSPS) is 12.2. The van der Waals surface area contributed by atoms with Gasteiger partial charge in [-0.25, -0.2) is 4.39 Å². The highest BCUT2D eigenvalue weighted by Crippen LogP contribution is 2.18. The van der Waals surface area contributed by atoms with Crippen LogP contribution in [0.4, 0.5) is 10.1 Å². The van der Waals surface area contributed by atoms with Crippen molar-refractivity contribution in [3.05, 3.63) is 64.9 Å². The number of nitrogens with one attached hydrogen (secondary N) is 1. The molecule has 116 valence electrons. The van der Waals surface area contributed by atoms with E-state index in [0.717, 1.165) is 5.56 Å². The summed E-state index contributed by atoms with van der Waals surface area (Å²) in [6.07, 6.45) is 0. The van der Waals surface area contributed by atoms with Crippen molar-refractivity contribution in [2.75, 3.05) is 12.4 Å². The molecule has 2 aromatic carbocycles. The SMILES string of the molecule is C[C@H](C(=O)Nc1ccc(F)cc1)N(C)Cc1ccccc1Cl. The minimum atomic E-state index is -0.346. The Morgan fingerprint density at radius 1 is 1.23 bits per heavy atom. The van der Waals surface area contributed by atoms with Gasteiger partial charge in [-0.15, -0.1) is 0 Å². The molecular weight excluding hydrogens is 303 g/mol. The minimum absolute atomic E-state index is 0.152. The van der Waals surface area contributed by atoms with Crippen LogP contribution in [0.1, 0.15) is 12.5 Å². The summed E-state index contributed by atoms with van der Waals surface area (Å²) in [7, 11) is 1.86. The van der Waals surface area contributed by atoms with Gasteiger partial charge in [0.15, 0.2) is 0 Å². The Kier molecular flexibility index (Phi) is 5.52. The van der Waals surface area contributed by atoms with Gasteiger partial charge in [-0.05, 0) is 49.9 Å². The molecule has 0 saturated carbocycles. The first-order valence-electron chi connectivity index (χ1n) is 6.97. The highest BCUT2D eigenvalue weighted by atomic mass is 35.5. The van der Waals surface area contributed by atoms with E-state index in [1.54, 1.807) is 0 Å². The standard InChI is InChI=1S/C17H18ClFN2O/c1-12(17(22)20-15-9-7-14(19)8-10-15)21(2)11-13-5-3-4-6-16(13)18/h3-10,12H,11H2,1-2H3,(H,20,22)/t12-/m1/s1. The smallest absolute Gasteiger partial charge is 0.241 e. The molecule has 0 aromatic heterocycles. The van der Waals surface area contributed by atoms with Crippen LogP contribution in [0.15, 0.2) is 48.5 Å². The molecule has 1 N–H and O–H groups in total. The molecule has 0 aliphatic heterocycles. The van der Waals surface area contributed by atoms with Crippen LogP contribution in [0.25, 0.3) is 0 Å². The summed E-state index contributed by atoms with van der Waals surface area (Å²) >= 11 is 6.13. The largest absolute Gasteiger partial charge is 0.325 e. The summed E-state index contributed by atoms with van der Waals surface area (Å²) in [4.78, 5) is 14.1.